The third-order valence-corrected chi connectivity index (χ3v) is 4.58. The monoisotopic (exact) mass is 362 g/mol. The number of aromatic nitrogens is 1. The molecule has 27 heavy (non-hydrogen) atoms. The lowest BCUT2D eigenvalue weighted by Gasteiger charge is -2.12. The zero-order chi connectivity index (χ0) is 18.9. The fourth-order valence-electron chi connectivity index (χ4n) is 3.23. The Morgan fingerprint density at radius 2 is 2.26 bits per heavy atom. The third-order valence-electron chi connectivity index (χ3n) is 4.58. The number of nitrogens with zero attached hydrogens (tertiary/aromatic N) is 2. The van der Waals surface area contributed by atoms with E-state index in [1.807, 2.05) is 25.1 Å². The molecule has 1 aromatic carbocycles. The first-order chi connectivity index (χ1) is 13.3. The number of ether oxygens (including phenoxy) is 1. The molecule has 5 nitrogen and oxygen atoms in total. The van der Waals surface area contributed by atoms with Crippen LogP contribution in [0.15, 0.2) is 36.5 Å². The molecule has 3 rings (SSSR count). The maximum absolute atomic E-state index is 9.01. The van der Waals surface area contributed by atoms with E-state index in [1.54, 1.807) is 18.3 Å². The Labute approximate surface area is 161 Å². The zero-order valence-corrected chi connectivity index (χ0v) is 15.7. The Kier molecular flexibility index (Phi) is 6.97. The molecular formula is C22H26N4O. The molecule has 1 unspecified atom stereocenters. The van der Waals surface area contributed by atoms with E-state index in [4.69, 9.17) is 10.00 Å². The van der Waals surface area contributed by atoms with Crippen molar-refractivity contribution in [1.29, 1.82) is 5.26 Å². The quantitative estimate of drug-likeness (QED) is 0.754. The highest BCUT2D eigenvalue weighted by Crippen LogP contribution is 2.20. The first-order valence-electron chi connectivity index (χ1n) is 9.49. The molecule has 1 aromatic heterocycles. The van der Waals surface area contributed by atoms with Gasteiger partial charge in [-0.2, -0.15) is 5.26 Å². The van der Waals surface area contributed by atoms with E-state index in [0.29, 0.717) is 12.2 Å². The summed E-state index contributed by atoms with van der Waals surface area (Å²) in [6, 6.07) is 11.9. The molecular weight excluding hydrogens is 336 g/mol. The van der Waals surface area contributed by atoms with Crippen molar-refractivity contribution in [3.63, 3.8) is 0 Å². The summed E-state index contributed by atoms with van der Waals surface area (Å²) in [7, 11) is 0. The average molecular weight is 362 g/mol. The van der Waals surface area contributed by atoms with Crippen molar-refractivity contribution in [2.75, 3.05) is 26.2 Å². The molecule has 0 bridgehead atoms. The lowest BCUT2D eigenvalue weighted by Crippen LogP contribution is -2.24. The molecule has 0 amide bonds. The number of hydrogen-bond donors (Lipinski definition) is 2. The number of rotatable bonds is 8. The molecule has 0 saturated carbocycles. The fourth-order valence-corrected chi connectivity index (χ4v) is 3.23. The summed E-state index contributed by atoms with van der Waals surface area (Å²) in [6.07, 6.45) is 6.83. The maximum Gasteiger partial charge on any atom is 0.120 e. The first kappa shape index (κ1) is 19.1. The van der Waals surface area contributed by atoms with E-state index >= 15 is 0 Å². The Morgan fingerprint density at radius 1 is 1.33 bits per heavy atom. The Hall–Kier alpha value is -2.68. The summed E-state index contributed by atoms with van der Waals surface area (Å²) in [6.45, 7) is 6.71. The largest absolute Gasteiger partial charge is 0.494 e. The van der Waals surface area contributed by atoms with Gasteiger partial charge in [0.05, 0.1) is 23.9 Å². The molecule has 5 heteroatoms. The molecule has 2 heterocycles. The van der Waals surface area contributed by atoms with Crippen molar-refractivity contribution in [3.8, 4) is 11.8 Å². The van der Waals surface area contributed by atoms with Crippen LogP contribution in [0.2, 0.25) is 0 Å². The Balaban J connectivity index is 1.70. The smallest absolute Gasteiger partial charge is 0.120 e. The summed E-state index contributed by atoms with van der Waals surface area (Å²) < 4.78 is 5.73. The number of nitrogens with one attached hydrogen (secondary N) is 2. The molecule has 1 aliphatic rings. The van der Waals surface area contributed by atoms with Gasteiger partial charge in [-0.3, -0.25) is 4.98 Å². The topological polar surface area (TPSA) is 70.0 Å². The molecule has 0 radical (unpaired) electrons. The van der Waals surface area contributed by atoms with Crippen LogP contribution >= 0.6 is 0 Å². The van der Waals surface area contributed by atoms with Gasteiger partial charge in [-0.1, -0.05) is 12.1 Å². The summed E-state index contributed by atoms with van der Waals surface area (Å²) in [5.74, 6) is 1.59. The number of pyridine rings is 1. The SMILES string of the molecule is CCOc1cc(/C=C/c2cc(C#N)ccn2)cc(CNCC2CCNC2)c1. The van der Waals surface area contributed by atoms with Gasteiger partial charge in [-0.05, 0) is 80.4 Å². The molecule has 140 valence electrons. The van der Waals surface area contributed by atoms with E-state index < -0.39 is 0 Å². The lowest BCUT2D eigenvalue weighted by molar-refractivity contribution is 0.339. The van der Waals surface area contributed by atoms with Crippen LogP contribution in [0, 0.1) is 17.2 Å². The van der Waals surface area contributed by atoms with Crippen LogP contribution in [0.1, 0.15) is 35.7 Å². The molecule has 1 atom stereocenters. The summed E-state index contributed by atoms with van der Waals surface area (Å²) in [4.78, 5) is 4.29. The highest BCUT2D eigenvalue weighted by atomic mass is 16.5. The van der Waals surface area contributed by atoms with Gasteiger partial charge in [0.25, 0.3) is 0 Å². The minimum Gasteiger partial charge on any atom is -0.494 e. The Bertz CT molecular complexity index is 819. The summed E-state index contributed by atoms with van der Waals surface area (Å²) in [5.41, 5.74) is 3.64. The molecule has 0 spiro atoms. The van der Waals surface area contributed by atoms with E-state index in [-0.39, 0.29) is 0 Å². The second-order valence-corrected chi connectivity index (χ2v) is 6.75. The van der Waals surface area contributed by atoms with E-state index in [9.17, 15) is 0 Å². The van der Waals surface area contributed by atoms with Crippen molar-refractivity contribution in [2.24, 2.45) is 5.92 Å². The zero-order valence-electron chi connectivity index (χ0n) is 15.7. The van der Waals surface area contributed by atoms with Gasteiger partial charge in [-0.25, -0.2) is 0 Å². The Morgan fingerprint density at radius 3 is 3.04 bits per heavy atom. The van der Waals surface area contributed by atoms with Crippen molar-refractivity contribution in [1.82, 2.24) is 15.6 Å². The molecule has 1 aliphatic heterocycles. The van der Waals surface area contributed by atoms with Crippen LogP contribution < -0.4 is 15.4 Å². The molecule has 0 aliphatic carbocycles. The van der Waals surface area contributed by atoms with Gasteiger partial charge in [-0.15, -0.1) is 0 Å². The van der Waals surface area contributed by atoms with Gasteiger partial charge in [0.15, 0.2) is 0 Å². The number of benzene rings is 1. The predicted octanol–water partition coefficient (Wildman–Crippen LogP) is 3.22. The van der Waals surface area contributed by atoms with Gasteiger partial charge < -0.3 is 15.4 Å². The van der Waals surface area contributed by atoms with Crippen LogP contribution in [0.4, 0.5) is 0 Å². The lowest BCUT2D eigenvalue weighted by atomic mass is 10.1. The van der Waals surface area contributed by atoms with E-state index in [2.05, 4.69) is 33.8 Å². The molecule has 2 aromatic rings. The van der Waals surface area contributed by atoms with Crippen LogP contribution in [0.5, 0.6) is 5.75 Å². The van der Waals surface area contributed by atoms with Gasteiger partial charge in [0.2, 0.25) is 0 Å². The minimum atomic E-state index is 0.610. The first-order valence-corrected chi connectivity index (χ1v) is 9.49. The van der Waals surface area contributed by atoms with Gasteiger partial charge in [0.1, 0.15) is 5.75 Å². The van der Waals surface area contributed by atoms with Crippen LogP contribution in [-0.4, -0.2) is 31.2 Å². The highest BCUT2D eigenvalue weighted by Gasteiger charge is 2.13. The van der Waals surface area contributed by atoms with Crippen LogP contribution in [0.3, 0.4) is 0 Å². The fraction of sp³-hybridized carbons (Fsp3) is 0.364. The van der Waals surface area contributed by atoms with Gasteiger partial charge >= 0.3 is 0 Å². The standard InChI is InChI=1S/C22H26N4O/c1-2-27-22-11-17(3-4-21-10-18(13-23)6-8-26-21)9-20(12-22)16-25-15-19-5-7-24-14-19/h3-4,6,8-12,19,24-25H,2,5,7,14-16H2,1H3/b4-3+. The summed E-state index contributed by atoms with van der Waals surface area (Å²) in [5, 5.41) is 16.0. The van der Waals surface area contributed by atoms with Gasteiger partial charge in [0, 0.05) is 12.7 Å². The number of hydrogen-bond acceptors (Lipinski definition) is 5. The predicted molar refractivity (Wildman–Crippen MR) is 108 cm³/mol. The molecule has 1 fully saturated rings. The van der Waals surface area contributed by atoms with Crippen molar-refractivity contribution in [3.05, 3.63) is 58.9 Å². The highest BCUT2D eigenvalue weighted by molar-refractivity contribution is 5.69. The van der Waals surface area contributed by atoms with Crippen LogP contribution in [-0.2, 0) is 6.54 Å². The molecule has 2 N–H and O–H groups in total. The number of nitriles is 1. The van der Waals surface area contributed by atoms with E-state index in [0.717, 1.165) is 49.1 Å². The summed E-state index contributed by atoms with van der Waals surface area (Å²) >= 11 is 0. The second kappa shape index (κ2) is 9.86. The van der Waals surface area contributed by atoms with Crippen molar-refractivity contribution in [2.45, 2.75) is 19.9 Å². The maximum atomic E-state index is 9.01. The normalized spacial score (nSPS) is 16.5. The average Bonchev–Trinajstić information content (AvgIpc) is 3.20. The third kappa shape index (κ3) is 5.92. The van der Waals surface area contributed by atoms with Crippen molar-refractivity contribution >= 4 is 12.2 Å². The van der Waals surface area contributed by atoms with Crippen LogP contribution in [0.25, 0.3) is 12.2 Å². The second-order valence-electron chi connectivity index (χ2n) is 6.75. The minimum absolute atomic E-state index is 0.610. The van der Waals surface area contributed by atoms with Crippen molar-refractivity contribution < 1.29 is 4.74 Å². The molecule has 1 saturated heterocycles. The van der Waals surface area contributed by atoms with E-state index in [1.165, 1.54) is 12.0 Å².